The summed E-state index contributed by atoms with van der Waals surface area (Å²) in [5.41, 5.74) is 2.32. The van der Waals surface area contributed by atoms with Gasteiger partial charge in [0.15, 0.2) is 0 Å². The molecule has 0 aliphatic heterocycles. The second-order valence-electron chi connectivity index (χ2n) is 4.99. The molecule has 0 aliphatic rings. The van der Waals surface area contributed by atoms with Crippen LogP contribution in [0.4, 0.5) is 4.39 Å². The fourth-order valence-electron chi connectivity index (χ4n) is 1.98. The minimum absolute atomic E-state index is 0.0843. The lowest BCUT2D eigenvalue weighted by atomic mass is 10.1. The molecule has 23 heavy (non-hydrogen) atoms. The van der Waals surface area contributed by atoms with Crippen LogP contribution in [0, 0.1) is 16.3 Å². The van der Waals surface area contributed by atoms with Crippen molar-refractivity contribution in [2.24, 2.45) is 0 Å². The molecular weight excluding hydrogens is 448 g/mol. The first-order valence-corrected chi connectivity index (χ1v) is 9.65. The molecule has 0 aliphatic carbocycles. The molecule has 0 saturated heterocycles. The summed E-state index contributed by atoms with van der Waals surface area (Å²) in [5, 5.41) is 3.32. The Morgan fingerprint density at radius 2 is 2.13 bits per heavy atom. The van der Waals surface area contributed by atoms with E-state index in [2.05, 4.69) is 27.9 Å². The highest BCUT2D eigenvalue weighted by Crippen LogP contribution is 2.23. The van der Waals surface area contributed by atoms with Crippen molar-refractivity contribution in [1.82, 2.24) is 5.32 Å². The first kappa shape index (κ1) is 18.5. The number of nitrogens with one attached hydrogen (secondary N) is 1. The molecule has 1 amide bonds. The highest BCUT2D eigenvalue weighted by Gasteiger charge is 2.10. The van der Waals surface area contributed by atoms with Gasteiger partial charge in [0, 0.05) is 32.2 Å². The molecule has 0 saturated carbocycles. The van der Waals surface area contributed by atoms with Gasteiger partial charge >= 0.3 is 0 Å². The maximum atomic E-state index is 13.6. The van der Waals surface area contributed by atoms with Crippen molar-refractivity contribution < 1.29 is 9.18 Å². The van der Waals surface area contributed by atoms with Crippen LogP contribution in [0.5, 0.6) is 0 Å². The summed E-state index contributed by atoms with van der Waals surface area (Å²) in [6.45, 7) is 2.52. The van der Waals surface area contributed by atoms with Crippen LogP contribution in [0.1, 0.15) is 21.5 Å². The van der Waals surface area contributed by atoms with Crippen molar-refractivity contribution in [1.29, 1.82) is 0 Å². The molecule has 0 aromatic heterocycles. The molecule has 0 spiro atoms. The van der Waals surface area contributed by atoms with Crippen LogP contribution in [0.2, 0.25) is 5.02 Å². The summed E-state index contributed by atoms with van der Waals surface area (Å²) in [6.07, 6.45) is 0. The zero-order valence-electron chi connectivity index (χ0n) is 12.5. The molecular formula is C17H16ClFINOS. The summed E-state index contributed by atoms with van der Waals surface area (Å²) < 4.78 is 14.6. The molecule has 0 atom stereocenters. The number of aryl methyl sites for hydroxylation is 1. The molecule has 2 aromatic carbocycles. The smallest absolute Gasteiger partial charge is 0.252 e. The molecule has 122 valence electrons. The number of hydrogen-bond acceptors (Lipinski definition) is 2. The Kier molecular flexibility index (Phi) is 7.17. The number of rotatable bonds is 6. The predicted octanol–water partition coefficient (Wildman–Crippen LogP) is 5.06. The van der Waals surface area contributed by atoms with E-state index in [1.54, 1.807) is 12.1 Å². The third-order valence-corrected chi connectivity index (χ3v) is 5.44. The fraction of sp³-hybridized carbons (Fsp3) is 0.235. The second kappa shape index (κ2) is 8.89. The molecule has 0 fully saturated rings. The lowest BCUT2D eigenvalue weighted by Gasteiger charge is -2.08. The Morgan fingerprint density at radius 3 is 2.83 bits per heavy atom. The number of amides is 1. The normalized spacial score (nSPS) is 10.6. The van der Waals surface area contributed by atoms with Gasteiger partial charge in [-0.2, -0.15) is 11.8 Å². The number of carbonyl (C=O) groups excluding carboxylic acids is 1. The Labute approximate surface area is 158 Å². The molecule has 0 heterocycles. The van der Waals surface area contributed by atoms with Crippen LogP contribution < -0.4 is 5.32 Å². The minimum atomic E-state index is -0.289. The van der Waals surface area contributed by atoms with E-state index in [0.717, 1.165) is 9.13 Å². The van der Waals surface area contributed by atoms with Crippen molar-refractivity contribution in [2.45, 2.75) is 12.7 Å². The maximum Gasteiger partial charge on any atom is 0.252 e. The molecule has 2 nitrogen and oxygen atoms in total. The molecule has 6 heteroatoms. The third-order valence-electron chi connectivity index (χ3n) is 3.21. The van der Waals surface area contributed by atoms with Crippen molar-refractivity contribution in [3.8, 4) is 0 Å². The number of carbonyl (C=O) groups is 1. The van der Waals surface area contributed by atoms with E-state index >= 15 is 0 Å². The number of thioether (sulfide) groups is 1. The first-order valence-electron chi connectivity index (χ1n) is 7.04. The van der Waals surface area contributed by atoms with E-state index in [-0.39, 0.29) is 11.7 Å². The highest BCUT2D eigenvalue weighted by atomic mass is 127. The summed E-state index contributed by atoms with van der Waals surface area (Å²) in [6, 6.07) is 10.4. The first-order chi connectivity index (χ1) is 11.0. The maximum absolute atomic E-state index is 13.6. The SMILES string of the molecule is Cc1ccc(C(=O)NCCSCc2c(F)cccc2Cl)c(I)c1. The lowest BCUT2D eigenvalue weighted by molar-refractivity contribution is 0.0955. The van der Waals surface area contributed by atoms with Crippen molar-refractivity contribution >= 4 is 51.9 Å². The van der Waals surface area contributed by atoms with Gasteiger partial charge in [-0.15, -0.1) is 0 Å². The van der Waals surface area contributed by atoms with Gasteiger partial charge in [-0.1, -0.05) is 29.3 Å². The van der Waals surface area contributed by atoms with Gasteiger partial charge in [0.25, 0.3) is 5.91 Å². The average molecular weight is 464 g/mol. The largest absolute Gasteiger partial charge is 0.351 e. The fourth-order valence-corrected chi connectivity index (χ4v) is 4.09. The number of benzene rings is 2. The van der Waals surface area contributed by atoms with Gasteiger partial charge in [0.2, 0.25) is 0 Å². The van der Waals surface area contributed by atoms with Gasteiger partial charge in [0.05, 0.1) is 5.56 Å². The van der Waals surface area contributed by atoms with Crippen LogP contribution in [-0.2, 0) is 5.75 Å². The number of halogens is 3. The molecule has 0 bridgehead atoms. The van der Waals surface area contributed by atoms with Crippen LogP contribution in [0.3, 0.4) is 0 Å². The summed E-state index contributed by atoms with van der Waals surface area (Å²) >= 11 is 9.68. The Bertz CT molecular complexity index is 691. The molecule has 0 unspecified atom stereocenters. The second-order valence-corrected chi connectivity index (χ2v) is 7.67. The minimum Gasteiger partial charge on any atom is -0.351 e. The topological polar surface area (TPSA) is 29.1 Å². The summed E-state index contributed by atoms with van der Waals surface area (Å²) in [7, 11) is 0. The molecule has 1 N–H and O–H groups in total. The van der Waals surface area contributed by atoms with Crippen molar-refractivity contribution in [2.75, 3.05) is 12.3 Å². The molecule has 2 rings (SSSR count). The third kappa shape index (κ3) is 5.36. The average Bonchev–Trinajstić information content (AvgIpc) is 2.49. The zero-order chi connectivity index (χ0) is 16.8. The van der Waals surface area contributed by atoms with Crippen molar-refractivity contribution in [3.05, 3.63) is 67.5 Å². The van der Waals surface area contributed by atoms with Crippen molar-refractivity contribution in [3.63, 3.8) is 0 Å². The van der Waals surface area contributed by atoms with Gasteiger partial charge < -0.3 is 5.32 Å². The molecule has 0 radical (unpaired) electrons. The lowest BCUT2D eigenvalue weighted by Crippen LogP contribution is -2.26. The molecule has 2 aromatic rings. The van der Waals surface area contributed by atoms with Crippen LogP contribution in [0.15, 0.2) is 36.4 Å². The quantitative estimate of drug-likeness (QED) is 0.479. The van der Waals surface area contributed by atoms with E-state index in [1.807, 2.05) is 25.1 Å². The highest BCUT2D eigenvalue weighted by molar-refractivity contribution is 14.1. The Morgan fingerprint density at radius 1 is 1.35 bits per heavy atom. The number of hydrogen-bond donors (Lipinski definition) is 1. The van der Waals surface area contributed by atoms with Gasteiger partial charge in [-0.05, 0) is 53.8 Å². The standard InChI is InChI=1S/C17H16ClFINOS/c1-11-5-6-12(16(20)9-11)17(22)21-7-8-23-10-13-14(18)3-2-4-15(13)19/h2-6,9H,7-8,10H2,1H3,(H,21,22). The van der Waals surface area contributed by atoms with Crippen LogP contribution >= 0.6 is 46.0 Å². The van der Waals surface area contributed by atoms with E-state index < -0.39 is 0 Å². The Hall–Kier alpha value is -0.790. The van der Waals surface area contributed by atoms with E-state index in [1.165, 1.54) is 17.8 Å². The summed E-state index contributed by atoms with van der Waals surface area (Å²) in [5.74, 6) is 0.810. The zero-order valence-corrected chi connectivity index (χ0v) is 16.3. The summed E-state index contributed by atoms with van der Waals surface area (Å²) in [4.78, 5) is 12.1. The van der Waals surface area contributed by atoms with E-state index in [9.17, 15) is 9.18 Å². The van der Waals surface area contributed by atoms with Crippen LogP contribution in [-0.4, -0.2) is 18.2 Å². The van der Waals surface area contributed by atoms with Gasteiger partial charge in [-0.25, -0.2) is 4.39 Å². The Balaban J connectivity index is 1.78. The van der Waals surface area contributed by atoms with Gasteiger partial charge in [0.1, 0.15) is 5.82 Å². The van der Waals surface area contributed by atoms with E-state index in [0.29, 0.717) is 34.2 Å². The van der Waals surface area contributed by atoms with E-state index in [4.69, 9.17) is 11.6 Å². The van der Waals surface area contributed by atoms with Crippen LogP contribution in [0.25, 0.3) is 0 Å². The van der Waals surface area contributed by atoms with Gasteiger partial charge in [-0.3, -0.25) is 4.79 Å². The monoisotopic (exact) mass is 463 g/mol. The predicted molar refractivity (Wildman–Crippen MR) is 104 cm³/mol.